The van der Waals surface area contributed by atoms with Gasteiger partial charge in [0, 0.05) is 6.54 Å². The third kappa shape index (κ3) is 5.59. The first-order valence-electron chi connectivity index (χ1n) is 6.33. The molecule has 7 heteroatoms. The highest BCUT2D eigenvalue weighted by molar-refractivity contribution is 7.98. The van der Waals surface area contributed by atoms with E-state index in [1.165, 1.54) is 12.1 Å². The van der Waals surface area contributed by atoms with E-state index in [9.17, 15) is 23.1 Å². The highest BCUT2D eigenvalue weighted by Crippen LogP contribution is 2.31. The van der Waals surface area contributed by atoms with Gasteiger partial charge in [-0.15, -0.1) is 0 Å². The van der Waals surface area contributed by atoms with Crippen molar-refractivity contribution >= 4 is 17.7 Å². The van der Waals surface area contributed by atoms with E-state index in [1.807, 2.05) is 6.26 Å². The molecule has 0 aromatic heterocycles. The van der Waals surface area contributed by atoms with Crippen LogP contribution in [0.2, 0.25) is 0 Å². The van der Waals surface area contributed by atoms with E-state index < -0.39 is 28.8 Å². The lowest BCUT2D eigenvalue weighted by Gasteiger charge is -2.23. The molecule has 2 N–H and O–H groups in total. The number of halogens is 3. The molecule has 0 radical (unpaired) electrons. The minimum atomic E-state index is -4.59. The highest BCUT2D eigenvalue weighted by Gasteiger charge is 2.35. The van der Waals surface area contributed by atoms with Gasteiger partial charge in [-0.1, -0.05) is 12.1 Å². The van der Waals surface area contributed by atoms with Crippen molar-refractivity contribution in [1.29, 1.82) is 0 Å². The van der Waals surface area contributed by atoms with Gasteiger partial charge in [0.25, 0.3) is 5.91 Å². The second-order valence-corrected chi connectivity index (χ2v) is 5.95. The van der Waals surface area contributed by atoms with Gasteiger partial charge in [0.05, 0.1) is 16.7 Å². The number of carbonyl (C=O) groups is 1. The standard InChI is InChI=1S/C14H18F3NO2S/c1-13(20,7-8-21-2)9-18-12(19)10-5-3-4-6-11(10)14(15,16)17/h3-6,20H,7-9H2,1-2H3,(H,18,19). The Bertz CT molecular complexity index is 489. The molecular weight excluding hydrogens is 303 g/mol. The second kappa shape index (κ2) is 7.17. The summed E-state index contributed by atoms with van der Waals surface area (Å²) in [6.07, 6.45) is -2.26. The number of thioether (sulfide) groups is 1. The third-order valence-corrected chi connectivity index (χ3v) is 3.56. The summed E-state index contributed by atoms with van der Waals surface area (Å²) >= 11 is 1.54. The van der Waals surface area contributed by atoms with Crippen LogP contribution < -0.4 is 5.32 Å². The molecule has 0 aliphatic heterocycles. The summed E-state index contributed by atoms with van der Waals surface area (Å²) < 4.78 is 38.5. The van der Waals surface area contributed by atoms with Crippen molar-refractivity contribution in [3.05, 3.63) is 35.4 Å². The van der Waals surface area contributed by atoms with Crippen LogP contribution in [-0.2, 0) is 6.18 Å². The molecule has 0 saturated heterocycles. The normalized spacial score (nSPS) is 14.6. The number of nitrogens with one attached hydrogen (secondary N) is 1. The van der Waals surface area contributed by atoms with Crippen LogP contribution in [0.5, 0.6) is 0 Å². The number of hydrogen-bond acceptors (Lipinski definition) is 3. The minimum Gasteiger partial charge on any atom is -0.388 e. The zero-order chi connectivity index (χ0) is 16.1. The van der Waals surface area contributed by atoms with Crippen LogP contribution in [0.15, 0.2) is 24.3 Å². The lowest BCUT2D eigenvalue weighted by atomic mass is 10.0. The van der Waals surface area contributed by atoms with Crippen LogP contribution in [0.3, 0.4) is 0 Å². The van der Waals surface area contributed by atoms with Gasteiger partial charge in [-0.05, 0) is 37.5 Å². The van der Waals surface area contributed by atoms with Gasteiger partial charge in [-0.3, -0.25) is 4.79 Å². The zero-order valence-electron chi connectivity index (χ0n) is 11.8. The number of carbonyl (C=O) groups excluding carboxylic acids is 1. The van der Waals surface area contributed by atoms with E-state index in [4.69, 9.17) is 0 Å². The molecule has 0 spiro atoms. The van der Waals surface area contributed by atoms with Crippen LogP contribution in [0.25, 0.3) is 0 Å². The van der Waals surface area contributed by atoms with Crippen LogP contribution in [-0.4, -0.2) is 35.2 Å². The van der Waals surface area contributed by atoms with Crippen molar-refractivity contribution in [3.63, 3.8) is 0 Å². The molecule has 1 aromatic rings. The Labute approximate surface area is 125 Å². The first kappa shape index (κ1) is 17.8. The lowest BCUT2D eigenvalue weighted by molar-refractivity contribution is -0.137. The summed E-state index contributed by atoms with van der Waals surface area (Å²) in [5.41, 5.74) is -2.57. The molecule has 0 fully saturated rings. The van der Waals surface area contributed by atoms with E-state index in [2.05, 4.69) is 5.32 Å². The van der Waals surface area contributed by atoms with E-state index in [0.717, 1.165) is 12.1 Å². The minimum absolute atomic E-state index is 0.0986. The predicted molar refractivity (Wildman–Crippen MR) is 77.4 cm³/mol. The van der Waals surface area contributed by atoms with E-state index in [0.29, 0.717) is 12.2 Å². The summed E-state index contributed by atoms with van der Waals surface area (Å²) in [5.74, 6) is -0.144. The van der Waals surface area contributed by atoms with Crippen molar-refractivity contribution in [2.24, 2.45) is 0 Å². The number of rotatable bonds is 6. The first-order valence-corrected chi connectivity index (χ1v) is 7.72. The van der Waals surface area contributed by atoms with Gasteiger partial charge < -0.3 is 10.4 Å². The summed E-state index contributed by atoms with van der Waals surface area (Å²) in [6, 6.07) is 4.58. The van der Waals surface area contributed by atoms with Gasteiger partial charge in [0.15, 0.2) is 0 Å². The van der Waals surface area contributed by atoms with Crippen molar-refractivity contribution < 1.29 is 23.1 Å². The maximum Gasteiger partial charge on any atom is 0.417 e. The predicted octanol–water partition coefficient (Wildman–Crippen LogP) is 2.94. The summed E-state index contributed by atoms with van der Waals surface area (Å²) in [6.45, 7) is 1.44. The average molecular weight is 321 g/mol. The maximum absolute atomic E-state index is 12.8. The molecule has 1 atom stereocenters. The number of amides is 1. The Morgan fingerprint density at radius 1 is 1.33 bits per heavy atom. The molecule has 1 unspecified atom stereocenters. The smallest absolute Gasteiger partial charge is 0.388 e. The Morgan fingerprint density at radius 3 is 2.52 bits per heavy atom. The summed E-state index contributed by atoms with van der Waals surface area (Å²) in [4.78, 5) is 11.9. The fourth-order valence-corrected chi connectivity index (χ4v) is 2.35. The molecule has 118 valence electrons. The van der Waals surface area contributed by atoms with Gasteiger partial charge >= 0.3 is 6.18 Å². The number of aliphatic hydroxyl groups is 1. The lowest BCUT2D eigenvalue weighted by Crippen LogP contribution is -2.41. The summed E-state index contributed by atoms with van der Waals surface area (Å²) in [5, 5.41) is 12.4. The largest absolute Gasteiger partial charge is 0.417 e. The van der Waals surface area contributed by atoms with Gasteiger partial charge in [0.2, 0.25) is 0 Å². The van der Waals surface area contributed by atoms with Crippen LogP contribution >= 0.6 is 11.8 Å². The molecule has 21 heavy (non-hydrogen) atoms. The van der Waals surface area contributed by atoms with Gasteiger partial charge in [-0.2, -0.15) is 24.9 Å². The molecule has 0 saturated carbocycles. The van der Waals surface area contributed by atoms with Crippen LogP contribution in [0, 0.1) is 0 Å². The molecule has 0 aliphatic rings. The van der Waals surface area contributed by atoms with Crippen molar-refractivity contribution in [2.45, 2.75) is 25.1 Å². The van der Waals surface area contributed by atoms with Crippen LogP contribution in [0.4, 0.5) is 13.2 Å². The van der Waals surface area contributed by atoms with E-state index in [1.54, 1.807) is 18.7 Å². The van der Waals surface area contributed by atoms with Gasteiger partial charge in [0.1, 0.15) is 0 Å². The van der Waals surface area contributed by atoms with E-state index in [-0.39, 0.29) is 6.54 Å². The zero-order valence-corrected chi connectivity index (χ0v) is 12.6. The summed E-state index contributed by atoms with van der Waals surface area (Å²) in [7, 11) is 0. The number of hydrogen-bond donors (Lipinski definition) is 2. The molecule has 0 heterocycles. The van der Waals surface area contributed by atoms with Crippen LogP contribution in [0.1, 0.15) is 29.3 Å². The fourth-order valence-electron chi connectivity index (χ4n) is 1.70. The van der Waals surface area contributed by atoms with Crippen molar-refractivity contribution in [2.75, 3.05) is 18.6 Å². The van der Waals surface area contributed by atoms with Gasteiger partial charge in [-0.25, -0.2) is 0 Å². The highest BCUT2D eigenvalue weighted by atomic mass is 32.2. The number of benzene rings is 1. The first-order chi connectivity index (χ1) is 9.67. The monoisotopic (exact) mass is 321 g/mol. The Balaban J connectivity index is 2.77. The van der Waals surface area contributed by atoms with Crippen molar-refractivity contribution in [1.82, 2.24) is 5.32 Å². The molecule has 1 rings (SSSR count). The molecular formula is C14H18F3NO2S. The topological polar surface area (TPSA) is 49.3 Å². The maximum atomic E-state index is 12.8. The second-order valence-electron chi connectivity index (χ2n) is 4.97. The Hall–Kier alpha value is -1.21. The quantitative estimate of drug-likeness (QED) is 0.847. The SMILES string of the molecule is CSCCC(C)(O)CNC(=O)c1ccccc1C(F)(F)F. The molecule has 0 bridgehead atoms. The third-order valence-electron chi connectivity index (χ3n) is 2.95. The molecule has 3 nitrogen and oxygen atoms in total. The van der Waals surface area contributed by atoms with E-state index >= 15 is 0 Å². The fraction of sp³-hybridized carbons (Fsp3) is 0.500. The number of alkyl halides is 3. The average Bonchev–Trinajstić information content (AvgIpc) is 2.42. The molecule has 1 aromatic carbocycles. The molecule has 1 amide bonds. The Kier molecular flexibility index (Phi) is 6.10. The van der Waals surface area contributed by atoms with Crippen molar-refractivity contribution in [3.8, 4) is 0 Å². The molecule has 0 aliphatic carbocycles. The Morgan fingerprint density at radius 2 is 1.95 bits per heavy atom.